The lowest BCUT2D eigenvalue weighted by Crippen LogP contribution is -2.32. The van der Waals surface area contributed by atoms with E-state index in [1.54, 1.807) is 13.3 Å². The molecule has 2 aromatic heterocycles. The molecular formula is C20H26N4O2. The van der Waals surface area contributed by atoms with E-state index in [4.69, 9.17) is 9.57 Å². The van der Waals surface area contributed by atoms with Gasteiger partial charge in [-0.05, 0) is 62.0 Å². The zero-order chi connectivity index (χ0) is 18.2. The Morgan fingerprint density at radius 3 is 2.77 bits per heavy atom. The van der Waals surface area contributed by atoms with E-state index >= 15 is 0 Å². The molecule has 0 amide bonds. The smallest absolute Gasteiger partial charge is 0.213 e. The van der Waals surface area contributed by atoms with Crippen molar-refractivity contribution in [3.8, 4) is 5.88 Å². The van der Waals surface area contributed by atoms with E-state index in [0.717, 1.165) is 38.2 Å². The van der Waals surface area contributed by atoms with Gasteiger partial charge < -0.3 is 9.57 Å². The number of rotatable bonds is 7. The van der Waals surface area contributed by atoms with Crippen molar-refractivity contribution in [1.82, 2.24) is 14.9 Å². The van der Waals surface area contributed by atoms with E-state index in [9.17, 15) is 0 Å². The first-order valence-electron chi connectivity index (χ1n) is 9.11. The minimum Gasteiger partial charge on any atom is -0.481 e. The average Bonchev–Trinajstić information content (AvgIpc) is 2.70. The Labute approximate surface area is 154 Å². The van der Waals surface area contributed by atoms with E-state index in [0.29, 0.717) is 18.4 Å². The summed E-state index contributed by atoms with van der Waals surface area (Å²) in [5, 5.41) is 3.84. The lowest BCUT2D eigenvalue weighted by Gasteiger charge is -2.32. The van der Waals surface area contributed by atoms with Crippen LogP contribution in [0.5, 0.6) is 5.88 Å². The zero-order valence-corrected chi connectivity index (χ0v) is 15.5. The average molecular weight is 354 g/mol. The molecule has 1 aliphatic rings. The van der Waals surface area contributed by atoms with E-state index in [2.05, 4.69) is 38.2 Å². The van der Waals surface area contributed by atoms with Crippen molar-refractivity contribution in [2.24, 2.45) is 5.16 Å². The fourth-order valence-electron chi connectivity index (χ4n) is 3.24. The Morgan fingerprint density at radius 1 is 1.23 bits per heavy atom. The summed E-state index contributed by atoms with van der Waals surface area (Å²) in [7, 11) is 1.66. The number of oxime groups is 1. The van der Waals surface area contributed by atoms with Crippen LogP contribution < -0.4 is 4.74 Å². The fourth-order valence-corrected chi connectivity index (χ4v) is 3.24. The van der Waals surface area contributed by atoms with Gasteiger partial charge in [0, 0.05) is 25.0 Å². The second-order valence-corrected chi connectivity index (χ2v) is 6.43. The van der Waals surface area contributed by atoms with E-state index in [1.165, 1.54) is 11.1 Å². The first-order chi connectivity index (χ1) is 12.8. The van der Waals surface area contributed by atoms with Gasteiger partial charge in [-0.1, -0.05) is 11.2 Å². The third kappa shape index (κ3) is 5.02. The Bertz CT molecular complexity index is 710. The molecule has 138 valence electrons. The number of nitrogens with zero attached hydrogens (tertiary/aromatic N) is 4. The van der Waals surface area contributed by atoms with Gasteiger partial charge in [0.05, 0.1) is 19.0 Å². The Morgan fingerprint density at radius 2 is 2.08 bits per heavy atom. The van der Waals surface area contributed by atoms with E-state index in [1.807, 2.05) is 25.4 Å². The third-order valence-electron chi connectivity index (χ3n) is 4.67. The number of pyridine rings is 2. The van der Waals surface area contributed by atoms with Gasteiger partial charge in [-0.3, -0.25) is 9.88 Å². The zero-order valence-electron chi connectivity index (χ0n) is 15.5. The molecule has 0 saturated carbocycles. The van der Waals surface area contributed by atoms with E-state index in [-0.39, 0.29) is 0 Å². The summed E-state index contributed by atoms with van der Waals surface area (Å²) in [5.41, 5.74) is 3.37. The number of hydrogen-bond donors (Lipinski definition) is 0. The van der Waals surface area contributed by atoms with Crippen LogP contribution in [0.15, 0.2) is 41.8 Å². The molecule has 1 aliphatic heterocycles. The molecule has 1 saturated heterocycles. The van der Waals surface area contributed by atoms with Crippen molar-refractivity contribution in [3.63, 3.8) is 0 Å². The molecule has 0 bridgehead atoms. The number of ether oxygens (including phenoxy) is 1. The maximum Gasteiger partial charge on any atom is 0.213 e. The monoisotopic (exact) mass is 354 g/mol. The van der Waals surface area contributed by atoms with Gasteiger partial charge in [0.25, 0.3) is 0 Å². The first-order valence-corrected chi connectivity index (χ1v) is 9.11. The molecule has 2 aromatic rings. The fraction of sp³-hybridized carbons (Fsp3) is 0.450. The normalized spacial score (nSPS) is 16.1. The largest absolute Gasteiger partial charge is 0.481 e. The van der Waals surface area contributed by atoms with Crippen LogP contribution in [0.1, 0.15) is 42.5 Å². The molecule has 0 aliphatic carbocycles. The predicted octanol–water partition coefficient (Wildman–Crippen LogP) is 3.24. The second-order valence-electron chi connectivity index (χ2n) is 6.43. The van der Waals surface area contributed by atoms with Gasteiger partial charge in [-0.15, -0.1) is 0 Å². The summed E-state index contributed by atoms with van der Waals surface area (Å²) >= 11 is 0. The van der Waals surface area contributed by atoms with Crippen LogP contribution in [0.2, 0.25) is 0 Å². The topological polar surface area (TPSA) is 59.8 Å². The molecule has 26 heavy (non-hydrogen) atoms. The summed E-state index contributed by atoms with van der Waals surface area (Å²) < 4.78 is 5.24. The van der Waals surface area contributed by atoms with Crippen LogP contribution in [-0.4, -0.2) is 47.9 Å². The molecule has 0 unspecified atom stereocenters. The highest BCUT2D eigenvalue weighted by molar-refractivity contribution is 5.76. The van der Waals surface area contributed by atoms with Crippen molar-refractivity contribution in [2.45, 2.75) is 32.2 Å². The second kappa shape index (κ2) is 9.29. The van der Waals surface area contributed by atoms with Crippen LogP contribution in [0, 0.1) is 0 Å². The van der Waals surface area contributed by atoms with Crippen LogP contribution in [0.3, 0.4) is 0 Å². The van der Waals surface area contributed by atoms with Crippen LogP contribution >= 0.6 is 0 Å². The highest BCUT2D eigenvalue weighted by Crippen LogP contribution is 2.29. The molecule has 0 aromatic carbocycles. The summed E-state index contributed by atoms with van der Waals surface area (Å²) in [6, 6.07) is 8.26. The van der Waals surface area contributed by atoms with Gasteiger partial charge in [0.2, 0.25) is 5.88 Å². The van der Waals surface area contributed by atoms with E-state index < -0.39 is 0 Å². The number of likely N-dealkylation sites (tertiary alicyclic amines) is 1. The van der Waals surface area contributed by atoms with Crippen molar-refractivity contribution in [2.75, 3.05) is 26.8 Å². The molecule has 3 rings (SSSR count). The molecule has 0 atom stereocenters. The number of piperidine rings is 1. The van der Waals surface area contributed by atoms with Crippen molar-refractivity contribution in [1.29, 1.82) is 0 Å². The number of hydrogen-bond acceptors (Lipinski definition) is 6. The molecule has 6 nitrogen and oxygen atoms in total. The van der Waals surface area contributed by atoms with Gasteiger partial charge >= 0.3 is 0 Å². The maximum atomic E-state index is 5.24. The Hall–Kier alpha value is -2.47. The first kappa shape index (κ1) is 18.3. The Balaban J connectivity index is 1.50. The minimum absolute atomic E-state index is 0.566. The SMILES string of the molecule is CCON=Cc1ccc(CN2CCC(c3ccnc(OC)c3)CC2)cn1. The summed E-state index contributed by atoms with van der Waals surface area (Å²) in [6.07, 6.45) is 7.71. The van der Waals surface area contributed by atoms with Crippen molar-refractivity contribution in [3.05, 3.63) is 53.5 Å². The number of methoxy groups -OCH3 is 1. The summed E-state index contributed by atoms with van der Waals surface area (Å²) in [5.74, 6) is 1.28. The van der Waals surface area contributed by atoms with Gasteiger partial charge in [0.15, 0.2) is 0 Å². The quantitative estimate of drug-likeness (QED) is 0.564. The molecule has 0 radical (unpaired) electrons. The minimum atomic E-state index is 0.566. The molecule has 0 N–H and O–H groups in total. The van der Waals surface area contributed by atoms with Crippen LogP contribution in [-0.2, 0) is 11.4 Å². The molecule has 1 fully saturated rings. The lowest BCUT2D eigenvalue weighted by molar-refractivity contribution is 0.160. The maximum absolute atomic E-state index is 5.24. The summed E-state index contributed by atoms with van der Waals surface area (Å²) in [6.45, 7) is 5.58. The molecule has 6 heteroatoms. The van der Waals surface area contributed by atoms with Crippen LogP contribution in [0.25, 0.3) is 0 Å². The molecular weight excluding hydrogens is 328 g/mol. The lowest BCUT2D eigenvalue weighted by atomic mass is 9.90. The highest BCUT2D eigenvalue weighted by atomic mass is 16.6. The molecule has 3 heterocycles. The third-order valence-corrected chi connectivity index (χ3v) is 4.67. The van der Waals surface area contributed by atoms with Crippen molar-refractivity contribution >= 4 is 6.21 Å². The van der Waals surface area contributed by atoms with Gasteiger partial charge in [0.1, 0.15) is 6.61 Å². The summed E-state index contributed by atoms with van der Waals surface area (Å²) in [4.78, 5) is 16.1. The highest BCUT2D eigenvalue weighted by Gasteiger charge is 2.21. The van der Waals surface area contributed by atoms with Crippen LogP contribution in [0.4, 0.5) is 0 Å². The Kier molecular flexibility index (Phi) is 6.55. The predicted molar refractivity (Wildman–Crippen MR) is 101 cm³/mol. The van der Waals surface area contributed by atoms with Crippen molar-refractivity contribution < 1.29 is 9.57 Å². The molecule has 0 spiro atoms. The van der Waals surface area contributed by atoms with Gasteiger partial charge in [-0.2, -0.15) is 0 Å². The van der Waals surface area contributed by atoms with Gasteiger partial charge in [-0.25, -0.2) is 4.98 Å². The standard InChI is InChI=1S/C20H26N4O2/c1-3-26-23-14-19-5-4-16(13-22-19)15-24-10-7-17(8-11-24)18-6-9-21-20(12-18)25-2/h4-6,9,12-14,17H,3,7-8,10-11,15H2,1-2H3. The number of aromatic nitrogens is 2.